The Kier molecular flexibility index (Phi) is 10.8. The zero-order valence-corrected chi connectivity index (χ0v) is 28.1. The molecule has 43 heavy (non-hydrogen) atoms. The maximum Gasteiger partial charge on any atom is 0.261 e. The fraction of sp³-hybridized carbons (Fsp3) is 0.286. The lowest BCUT2D eigenvalue weighted by Crippen LogP contribution is -2.66. The third-order valence-corrected chi connectivity index (χ3v) is 15.3. The monoisotopic (exact) mass is 631 g/mol. The third-order valence-electron chi connectivity index (χ3n) is 7.71. The van der Waals surface area contributed by atoms with Gasteiger partial charge >= 0.3 is 0 Å². The summed E-state index contributed by atoms with van der Waals surface area (Å²) in [4.78, 5) is 13.9. The first-order valence-electron chi connectivity index (χ1n) is 14.4. The lowest BCUT2D eigenvalue weighted by molar-refractivity contribution is -0.113. The zero-order valence-electron chi connectivity index (χ0n) is 25.5. The summed E-state index contributed by atoms with van der Waals surface area (Å²) in [6.45, 7) is 8.55. The van der Waals surface area contributed by atoms with Gasteiger partial charge in [0.05, 0.1) is 11.5 Å². The molecule has 0 saturated heterocycles. The van der Waals surface area contributed by atoms with E-state index < -0.39 is 29.6 Å². The lowest BCUT2D eigenvalue weighted by Gasteiger charge is -2.43. The number of rotatable bonds is 12. The van der Waals surface area contributed by atoms with Crippen molar-refractivity contribution in [3.05, 3.63) is 132 Å². The first-order chi connectivity index (χ1) is 20.4. The molecule has 4 aromatic rings. The van der Waals surface area contributed by atoms with E-state index in [-0.39, 0.29) is 23.3 Å². The summed E-state index contributed by atoms with van der Waals surface area (Å²) in [5.74, 6) is 0. The van der Waals surface area contributed by atoms with Crippen LogP contribution < -0.4 is 10.4 Å². The number of carbonyl (C=O) groups is 1. The van der Waals surface area contributed by atoms with Crippen molar-refractivity contribution in [2.45, 2.75) is 50.6 Å². The number of thioether (sulfide) groups is 1. The molecule has 0 spiro atoms. The standard InChI is InChI=1S/C35H41NO4S2Si/c1-28(36(42(5,38)39)26-29-18-10-6-11-19-29)34(30-20-12-7-13-21-30)41-33(37)27-40-43(35(2,3)4,31-22-14-8-15-23-31)32-24-16-9-17-25-32/h6-25,28,34H,26-27H2,1-5H3/t28-,34-/m1/s1. The highest BCUT2D eigenvalue weighted by atomic mass is 32.2. The Morgan fingerprint density at radius 1 is 0.791 bits per heavy atom. The van der Waals surface area contributed by atoms with Crippen LogP contribution in [0, 0.1) is 0 Å². The summed E-state index contributed by atoms with van der Waals surface area (Å²) >= 11 is 1.15. The van der Waals surface area contributed by atoms with Crippen LogP contribution in [0.4, 0.5) is 0 Å². The van der Waals surface area contributed by atoms with Gasteiger partial charge < -0.3 is 4.43 Å². The van der Waals surface area contributed by atoms with Gasteiger partial charge in [-0.05, 0) is 33.5 Å². The fourth-order valence-electron chi connectivity index (χ4n) is 5.67. The van der Waals surface area contributed by atoms with E-state index in [9.17, 15) is 13.2 Å². The minimum atomic E-state index is -3.59. The smallest absolute Gasteiger partial charge is 0.261 e. The Morgan fingerprint density at radius 2 is 1.23 bits per heavy atom. The van der Waals surface area contributed by atoms with Crippen LogP contribution in [0.2, 0.25) is 5.04 Å². The molecule has 0 fully saturated rings. The predicted molar refractivity (Wildman–Crippen MR) is 182 cm³/mol. The molecule has 4 aromatic carbocycles. The van der Waals surface area contributed by atoms with Crippen LogP contribution in [0.25, 0.3) is 0 Å². The Labute approximate surface area is 262 Å². The van der Waals surface area contributed by atoms with E-state index in [0.29, 0.717) is 0 Å². The van der Waals surface area contributed by atoms with Gasteiger partial charge in [-0.1, -0.05) is 154 Å². The predicted octanol–water partition coefficient (Wildman–Crippen LogP) is 6.41. The number of nitrogens with zero attached hydrogens (tertiary/aromatic N) is 1. The second-order valence-corrected chi connectivity index (χ2v) is 19.2. The average molecular weight is 632 g/mol. The van der Waals surface area contributed by atoms with Crippen LogP contribution >= 0.6 is 11.8 Å². The van der Waals surface area contributed by atoms with Crippen LogP contribution in [0.3, 0.4) is 0 Å². The van der Waals surface area contributed by atoms with Gasteiger partial charge in [-0.3, -0.25) is 4.79 Å². The molecule has 0 aliphatic carbocycles. The summed E-state index contributed by atoms with van der Waals surface area (Å²) in [6, 6.07) is 39.2. The molecule has 5 nitrogen and oxygen atoms in total. The van der Waals surface area contributed by atoms with Crippen molar-refractivity contribution in [1.82, 2.24) is 4.31 Å². The first-order valence-corrected chi connectivity index (χ1v) is 19.1. The molecule has 2 atom stereocenters. The maximum atomic E-state index is 13.9. The van der Waals surface area contributed by atoms with Crippen LogP contribution in [0.1, 0.15) is 44.1 Å². The van der Waals surface area contributed by atoms with Gasteiger partial charge in [-0.2, -0.15) is 4.31 Å². The maximum absolute atomic E-state index is 13.9. The van der Waals surface area contributed by atoms with E-state index in [1.807, 2.05) is 104 Å². The molecule has 0 aromatic heterocycles. The lowest BCUT2D eigenvalue weighted by atomic mass is 10.1. The van der Waals surface area contributed by atoms with E-state index in [2.05, 4.69) is 45.0 Å². The summed E-state index contributed by atoms with van der Waals surface area (Å²) < 4.78 is 34.6. The Bertz CT molecular complexity index is 1520. The number of hydrogen-bond acceptors (Lipinski definition) is 5. The minimum Gasteiger partial charge on any atom is -0.399 e. The topological polar surface area (TPSA) is 63.7 Å². The van der Waals surface area contributed by atoms with Gasteiger partial charge in [-0.25, -0.2) is 8.42 Å². The molecule has 0 heterocycles. The molecular formula is C35H41NO4S2Si. The molecule has 4 rings (SSSR count). The Hall–Kier alpha value is -3.01. The molecule has 0 radical (unpaired) electrons. The van der Waals surface area contributed by atoms with Gasteiger partial charge in [0, 0.05) is 12.6 Å². The van der Waals surface area contributed by atoms with Crippen molar-refractivity contribution >= 4 is 45.6 Å². The van der Waals surface area contributed by atoms with Gasteiger partial charge in [0.25, 0.3) is 8.32 Å². The number of sulfonamides is 1. The molecule has 226 valence electrons. The summed E-state index contributed by atoms with van der Waals surface area (Å²) in [6.07, 6.45) is 1.23. The van der Waals surface area contributed by atoms with Gasteiger partial charge in [-0.15, -0.1) is 0 Å². The highest BCUT2D eigenvalue weighted by molar-refractivity contribution is 8.14. The van der Waals surface area contributed by atoms with Crippen molar-refractivity contribution in [2.24, 2.45) is 0 Å². The van der Waals surface area contributed by atoms with Crippen molar-refractivity contribution < 1.29 is 17.6 Å². The SMILES string of the molecule is C[C@H]([C@@H](SC(=O)CO[Si](c1ccccc1)(c1ccccc1)C(C)(C)C)c1ccccc1)N(Cc1ccccc1)S(C)(=O)=O. The normalized spacial score (nSPS) is 13.9. The Morgan fingerprint density at radius 3 is 1.67 bits per heavy atom. The third kappa shape index (κ3) is 7.93. The van der Waals surface area contributed by atoms with E-state index in [4.69, 9.17) is 4.43 Å². The average Bonchev–Trinajstić information content (AvgIpc) is 2.99. The van der Waals surface area contributed by atoms with E-state index in [0.717, 1.165) is 33.3 Å². The van der Waals surface area contributed by atoms with Gasteiger partial charge in [0.15, 0.2) is 0 Å². The summed E-state index contributed by atoms with van der Waals surface area (Å²) in [5.41, 5.74) is 1.78. The van der Waals surface area contributed by atoms with Crippen LogP contribution in [0.5, 0.6) is 0 Å². The molecule has 8 heteroatoms. The number of hydrogen-bond donors (Lipinski definition) is 0. The number of benzene rings is 4. The molecule has 0 saturated carbocycles. The van der Waals surface area contributed by atoms with Crippen molar-refractivity contribution in [3.8, 4) is 0 Å². The van der Waals surface area contributed by atoms with Crippen molar-refractivity contribution in [1.29, 1.82) is 0 Å². The van der Waals surface area contributed by atoms with Gasteiger partial charge in [0.1, 0.15) is 6.61 Å². The van der Waals surface area contributed by atoms with Gasteiger partial charge in [0.2, 0.25) is 15.1 Å². The molecule has 0 amide bonds. The van der Waals surface area contributed by atoms with Crippen molar-refractivity contribution in [2.75, 3.05) is 12.9 Å². The number of carbonyl (C=O) groups excluding carboxylic acids is 1. The second-order valence-electron chi connectivity index (χ2n) is 11.8. The van der Waals surface area contributed by atoms with Crippen LogP contribution in [-0.2, 0) is 25.8 Å². The van der Waals surface area contributed by atoms with Crippen molar-refractivity contribution in [3.63, 3.8) is 0 Å². The first kappa shape index (κ1) is 32.9. The molecular weight excluding hydrogens is 591 g/mol. The highest BCUT2D eigenvalue weighted by Crippen LogP contribution is 2.39. The minimum absolute atomic E-state index is 0.0917. The highest BCUT2D eigenvalue weighted by Gasteiger charge is 2.50. The van der Waals surface area contributed by atoms with Crippen LogP contribution in [-0.4, -0.2) is 45.1 Å². The molecule has 0 bridgehead atoms. The zero-order chi connectivity index (χ0) is 31.1. The van der Waals surface area contributed by atoms with E-state index in [1.54, 1.807) is 0 Å². The molecule has 0 unspecified atom stereocenters. The van der Waals surface area contributed by atoms with E-state index >= 15 is 0 Å². The Balaban J connectivity index is 1.66. The van der Waals surface area contributed by atoms with Crippen LogP contribution in [0.15, 0.2) is 121 Å². The second kappa shape index (κ2) is 14.2. The molecule has 0 aliphatic rings. The molecule has 0 N–H and O–H groups in total. The fourth-order valence-corrected chi connectivity index (χ4v) is 12.5. The largest absolute Gasteiger partial charge is 0.399 e. The molecule has 0 aliphatic heterocycles. The summed E-state index contributed by atoms with van der Waals surface area (Å²) in [5, 5.41) is 1.36. The summed E-state index contributed by atoms with van der Waals surface area (Å²) in [7, 11) is -6.51. The van der Waals surface area contributed by atoms with E-state index in [1.165, 1.54) is 10.6 Å². The quantitative estimate of drug-likeness (QED) is 0.169.